The fraction of sp³-hybridized carbons (Fsp3) is 0.667. The summed E-state index contributed by atoms with van der Waals surface area (Å²) in [7, 11) is -3.68. The van der Waals surface area contributed by atoms with Gasteiger partial charge in [-0.2, -0.15) is 4.31 Å². The third kappa shape index (κ3) is 6.02. The van der Waals surface area contributed by atoms with Crippen LogP contribution in [0.5, 0.6) is 11.5 Å². The molecule has 1 saturated heterocycles. The minimum atomic E-state index is -3.68. The first kappa shape index (κ1) is 24.8. The molecule has 10 heteroatoms. The Bertz CT molecular complexity index is 969. The van der Waals surface area contributed by atoms with E-state index in [-0.39, 0.29) is 41.6 Å². The first-order chi connectivity index (χ1) is 16.4. The number of amides is 2. The number of sulfonamides is 1. The molecule has 2 N–H and O–H groups in total. The molecule has 3 aliphatic rings. The fourth-order valence-electron chi connectivity index (χ4n) is 4.84. The van der Waals surface area contributed by atoms with Crippen LogP contribution in [0.25, 0.3) is 0 Å². The van der Waals surface area contributed by atoms with E-state index in [2.05, 4.69) is 10.6 Å². The zero-order valence-electron chi connectivity index (χ0n) is 19.6. The molecule has 0 unspecified atom stereocenters. The Morgan fingerprint density at radius 3 is 2.06 bits per heavy atom. The number of carbonyl (C=O) groups is 2. The smallest absolute Gasteiger partial charge is 0.243 e. The first-order valence-electron chi connectivity index (χ1n) is 12.4. The largest absolute Gasteiger partial charge is 0.490 e. The van der Waals surface area contributed by atoms with Gasteiger partial charge in [0.1, 0.15) is 0 Å². The van der Waals surface area contributed by atoms with Gasteiger partial charge in [-0.3, -0.25) is 9.59 Å². The van der Waals surface area contributed by atoms with E-state index in [0.29, 0.717) is 50.6 Å². The van der Waals surface area contributed by atoms with E-state index in [1.165, 1.54) is 16.8 Å². The molecule has 0 spiro atoms. The second-order valence-electron chi connectivity index (χ2n) is 9.25. The number of benzene rings is 1. The van der Waals surface area contributed by atoms with Crippen molar-refractivity contribution in [3.63, 3.8) is 0 Å². The van der Waals surface area contributed by atoms with Gasteiger partial charge in [0.15, 0.2) is 11.5 Å². The summed E-state index contributed by atoms with van der Waals surface area (Å²) in [5, 5.41) is 5.80. The minimum absolute atomic E-state index is 0.0838. The minimum Gasteiger partial charge on any atom is -0.490 e. The van der Waals surface area contributed by atoms with Crippen LogP contribution in [0.3, 0.4) is 0 Å². The van der Waals surface area contributed by atoms with Crippen molar-refractivity contribution >= 4 is 21.8 Å². The van der Waals surface area contributed by atoms with Gasteiger partial charge in [0.25, 0.3) is 0 Å². The summed E-state index contributed by atoms with van der Waals surface area (Å²) in [6.07, 6.45) is 7.00. The molecule has 0 atom stereocenters. The molecule has 2 heterocycles. The van der Waals surface area contributed by atoms with E-state index in [1.54, 1.807) is 12.1 Å². The molecule has 1 aromatic rings. The van der Waals surface area contributed by atoms with Crippen LogP contribution in [-0.4, -0.2) is 63.9 Å². The van der Waals surface area contributed by atoms with Crippen molar-refractivity contribution in [1.29, 1.82) is 0 Å². The standard InChI is InChI=1S/C24H35N3O6S/c28-23(18-5-2-1-3-6-18)25-11-12-26-24(29)19-9-13-27(14-10-19)34(30,31)20-7-8-21-22(17-20)33-16-4-15-32-21/h7-8,17-19H,1-6,9-16H2,(H,25,28)(H,26,29). The van der Waals surface area contributed by atoms with Gasteiger partial charge in [-0.05, 0) is 37.8 Å². The van der Waals surface area contributed by atoms with Crippen molar-refractivity contribution < 1.29 is 27.5 Å². The lowest BCUT2D eigenvalue weighted by Gasteiger charge is -2.30. The number of hydrogen-bond acceptors (Lipinski definition) is 6. The summed E-state index contributed by atoms with van der Waals surface area (Å²) in [6.45, 7) is 2.40. The molecule has 2 amide bonds. The van der Waals surface area contributed by atoms with Crippen molar-refractivity contribution in [3.8, 4) is 11.5 Å². The van der Waals surface area contributed by atoms with Crippen LogP contribution in [0.15, 0.2) is 23.1 Å². The van der Waals surface area contributed by atoms with Gasteiger partial charge in [0.05, 0.1) is 18.1 Å². The van der Waals surface area contributed by atoms with Crippen molar-refractivity contribution in [2.45, 2.75) is 56.3 Å². The summed E-state index contributed by atoms with van der Waals surface area (Å²) in [6, 6.07) is 4.71. The zero-order chi connectivity index (χ0) is 24.0. The van der Waals surface area contributed by atoms with Crippen LogP contribution < -0.4 is 20.1 Å². The second-order valence-corrected chi connectivity index (χ2v) is 11.2. The molecule has 1 aromatic carbocycles. The van der Waals surface area contributed by atoms with Gasteiger partial charge in [-0.15, -0.1) is 0 Å². The molecule has 0 bridgehead atoms. The normalized spacial score (nSPS) is 20.4. The van der Waals surface area contributed by atoms with E-state index in [9.17, 15) is 18.0 Å². The number of rotatable bonds is 7. The van der Waals surface area contributed by atoms with Gasteiger partial charge in [-0.1, -0.05) is 19.3 Å². The Hall–Kier alpha value is -2.33. The summed E-state index contributed by atoms with van der Waals surface area (Å²) in [5.41, 5.74) is 0. The summed E-state index contributed by atoms with van der Waals surface area (Å²) >= 11 is 0. The molecule has 2 fully saturated rings. The Morgan fingerprint density at radius 2 is 1.41 bits per heavy atom. The number of carbonyl (C=O) groups excluding carboxylic acids is 2. The van der Waals surface area contributed by atoms with Gasteiger partial charge in [-0.25, -0.2) is 8.42 Å². The predicted octanol–water partition coefficient (Wildman–Crippen LogP) is 2.06. The van der Waals surface area contributed by atoms with Gasteiger partial charge in [0.2, 0.25) is 21.8 Å². The maximum atomic E-state index is 13.1. The Labute approximate surface area is 201 Å². The summed E-state index contributed by atoms with van der Waals surface area (Å²) < 4.78 is 38.9. The van der Waals surface area contributed by atoms with Crippen LogP contribution in [0.4, 0.5) is 0 Å². The van der Waals surface area contributed by atoms with E-state index in [1.807, 2.05) is 0 Å². The molecule has 0 aromatic heterocycles. The number of ether oxygens (including phenoxy) is 2. The van der Waals surface area contributed by atoms with Crippen molar-refractivity contribution in [2.24, 2.45) is 11.8 Å². The zero-order valence-corrected chi connectivity index (χ0v) is 20.4. The van der Waals surface area contributed by atoms with E-state index in [0.717, 1.165) is 32.1 Å². The maximum absolute atomic E-state index is 13.1. The second kappa shape index (κ2) is 11.4. The van der Waals surface area contributed by atoms with Crippen LogP contribution in [-0.2, 0) is 19.6 Å². The number of fused-ring (bicyclic) bond motifs is 1. The SMILES string of the molecule is O=C(NCCNC(=O)C1CCN(S(=O)(=O)c2ccc3c(c2)OCCCO3)CC1)C1CCCCC1. The van der Waals surface area contributed by atoms with Crippen LogP contribution in [0, 0.1) is 11.8 Å². The topological polar surface area (TPSA) is 114 Å². The summed E-state index contributed by atoms with van der Waals surface area (Å²) in [5.74, 6) is 0.880. The number of nitrogens with one attached hydrogen (secondary N) is 2. The molecule has 9 nitrogen and oxygen atoms in total. The molecule has 4 rings (SSSR count). The third-order valence-electron chi connectivity index (χ3n) is 6.88. The van der Waals surface area contributed by atoms with E-state index < -0.39 is 10.0 Å². The molecule has 34 heavy (non-hydrogen) atoms. The van der Waals surface area contributed by atoms with Crippen LogP contribution >= 0.6 is 0 Å². The highest BCUT2D eigenvalue weighted by Gasteiger charge is 2.32. The Kier molecular flexibility index (Phi) is 8.31. The molecule has 1 saturated carbocycles. The molecular formula is C24H35N3O6S. The van der Waals surface area contributed by atoms with E-state index >= 15 is 0 Å². The monoisotopic (exact) mass is 493 g/mol. The van der Waals surface area contributed by atoms with Crippen LogP contribution in [0.1, 0.15) is 51.4 Å². The molecular weight excluding hydrogens is 458 g/mol. The van der Waals surface area contributed by atoms with Crippen molar-refractivity contribution in [2.75, 3.05) is 39.4 Å². The average Bonchev–Trinajstić information content (AvgIpc) is 3.12. The summed E-state index contributed by atoms with van der Waals surface area (Å²) in [4.78, 5) is 24.9. The first-order valence-corrected chi connectivity index (χ1v) is 13.8. The lowest BCUT2D eigenvalue weighted by Crippen LogP contribution is -2.44. The number of hydrogen-bond donors (Lipinski definition) is 2. The maximum Gasteiger partial charge on any atom is 0.243 e. The highest BCUT2D eigenvalue weighted by atomic mass is 32.2. The average molecular weight is 494 g/mol. The molecule has 1 aliphatic carbocycles. The molecule has 0 radical (unpaired) electrons. The quantitative estimate of drug-likeness (QED) is 0.562. The van der Waals surface area contributed by atoms with Crippen molar-refractivity contribution in [3.05, 3.63) is 18.2 Å². The molecule has 188 valence electrons. The Morgan fingerprint density at radius 1 is 0.824 bits per heavy atom. The third-order valence-corrected chi connectivity index (χ3v) is 8.78. The predicted molar refractivity (Wildman–Crippen MR) is 126 cm³/mol. The number of nitrogens with zero attached hydrogens (tertiary/aromatic N) is 1. The number of piperidine rings is 1. The highest BCUT2D eigenvalue weighted by Crippen LogP contribution is 2.33. The van der Waals surface area contributed by atoms with Gasteiger partial charge >= 0.3 is 0 Å². The molecule has 2 aliphatic heterocycles. The lowest BCUT2D eigenvalue weighted by atomic mass is 9.89. The highest BCUT2D eigenvalue weighted by molar-refractivity contribution is 7.89. The lowest BCUT2D eigenvalue weighted by molar-refractivity contribution is -0.127. The van der Waals surface area contributed by atoms with E-state index in [4.69, 9.17) is 9.47 Å². The van der Waals surface area contributed by atoms with Gasteiger partial charge in [0, 0.05) is 50.5 Å². The van der Waals surface area contributed by atoms with Gasteiger partial charge < -0.3 is 20.1 Å². The Balaban J connectivity index is 1.22. The fourth-order valence-corrected chi connectivity index (χ4v) is 6.32. The van der Waals surface area contributed by atoms with Crippen molar-refractivity contribution in [1.82, 2.24) is 14.9 Å². The van der Waals surface area contributed by atoms with Crippen LogP contribution in [0.2, 0.25) is 0 Å².